The molecule has 0 spiro atoms. The van der Waals surface area contributed by atoms with Crippen LogP contribution in [0.2, 0.25) is 0 Å². The van der Waals surface area contributed by atoms with Gasteiger partial charge in [-0.05, 0) is 12.8 Å². The molecule has 64 valence electrons. The quantitative estimate of drug-likeness (QED) is 0.597. The lowest BCUT2D eigenvalue weighted by molar-refractivity contribution is -0.141. The molecule has 3 nitrogen and oxygen atoms in total. The topological polar surface area (TPSA) is 63.3 Å². The first-order valence-corrected chi connectivity index (χ1v) is 3.57. The number of hydrogen-bond donors (Lipinski definition) is 2. The SMILES string of the molecule is CC1(C(O)C(N)=O)CC(F)C1. The second kappa shape index (κ2) is 2.44. The van der Waals surface area contributed by atoms with Crippen molar-refractivity contribution in [3.63, 3.8) is 0 Å². The fourth-order valence-electron chi connectivity index (χ4n) is 1.52. The number of primary amides is 1. The molecule has 11 heavy (non-hydrogen) atoms. The van der Waals surface area contributed by atoms with Crippen molar-refractivity contribution in [3.8, 4) is 0 Å². The second-order valence-electron chi connectivity index (χ2n) is 3.46. The Morgan fingerprint density at radius 1 is 1.82 bits per heavy atom. The minimum absolute atomic E-state index is 0.233. The van der Waals surface area contributed by atoms with Gasteiger partial charge in [0.1, 0.15) is 12.3 Å². The third kappa shape index (κ3) is 1.35. The third-order valence-electron chi connectivity index (χ3n) is 2.31. The molecule has 3 N–H and O–H groups in total. The molecule has 0 aromatic rings. The normalized spacial score (nSPS) is 39.4. The summed E-state index contributed by atoms with van der Waals surface area (Å²) < 4.78 is 12.4. The van der Waals surface area contributed by atoms with E-state index in [0.29, 0.717) is 0 Å². The monoisotopic (exact) mass is 161 g/mol. The Bertz CT molecular complexity index is 177. The fourth-order valence-corrected chi connectivity index (χ4v) is 1.52. The molecule has 0 aromatic heterocycles. The van der Waals surface area contributed by atoms with Crippen LogP contribution in [0.4, 0.5) is 4.39 Å². The summed E-state index contributed by atoms with van der Waals surface area (Å²) in [5, 5.41) is 9.18. The number of hydrogen-bond acceptors (Lipinski definition) is 2. The minimum Gasteiger partial charge on any atom is -0.383 e. The van der Waals surface area contributed by atoms with E-state index in [1.165, 1.54) is 0 Å². The molecule has 0 aliphatic heterocycles. The van der Waals surface area contributed by atoms with Crippen LogP contribution in [0.1, 0.15) is 19.8 Å². The van der Waals surface area contributed by atoms with Crippen LogP contribution in [0.15, 0.2) is 0 Å². The fraction of sp³-hybridized carbons (Fsp3) is 0.857. The molecule has 1 atom stereocenters. The predicted octanol–water partition coefficient (Wildman–Crippen LogP) is -0.0292. The van der Waals surface area contributed by atoms with Crippen LogP contribution in [0.5, 0.6) is 0 Å². The van der Waals surface area contributed by atoms with E-state index in [1.54, 1.807) is 6.92 Å². The molecule has 0 heterocycles. The largest absolute Gasteiger partial charge is 0.383 e. The van der Waals surface area contributed by atoms with Crippen molar-refractivity contribution in [3.05, 3.63) is 0 Å². The van der Waals surface area contributed by atoms with Gasteiger partial charge in [0.25, 0.3) is 0 Å². The van der Waals surface area contributed by atoms with Gasteiger partial charge in [-0.15, -0.1) is 0 Å². The first-order chi connectivity index (χ1) is 4.96. The van der Waals surface area contributed by atoms with Crippen LogP contribution in [0, 0.1) is 5.41 Å². The van der Waals surface area contributed by atoms with E-state index in [0.717, 1.165) is 0 Å². The van der Waals surface area contributed by atoms with E-state index in [-0.39, 0.29) is 12.8 Å². The maximum atomic E-state index is 12.4. The number of halogens is 1. The van der Waals surface area contributed by atoms with Gasteiger partial charge in [-0.2, -0.15) is 0 Å². The van der Waals surface area contributed by atoms with Gasteiger partial charge >= 0.3 is 0 Å². The zero-order chi connectivity index (χ0) is 8.65. The number of amides is 1. The average Bonchev–Trinajstić information content (AvgIpc) is 1.83. The molecule has 1 aliphatic rings. The standard InChI is InChI=1S/C7H12FNO2/c1-7(2-4(8)3-7)5(10)6(9)11/h4-5,10H,2-3H2,1H3,(H2,9,11). The molecule has 1 amide bonds. The molecule has 1 rings (SSSR count). The predicted molar refractivity (Wildman–Crippen MR) is 37.4 cm³/mol. The molecule has 1 aliphatic carbocycles. The number of aliphatic hydroxyl groups is 1. The van der Waals surface area contributed by atoms with Gasteiger partial charge in [0.2, 0.25) is 5.91 Å². The highest BCUT2D eigenvalue weighted by Crippen LogP contribution is 2.45. The van der Waals surface area contributed by atoms with Crippen molar-refractivity contribution in [2.45, 2.75) is 32.0 Å². The number of alkyl halides is 1. The number of nitrogens with two attached hydrogens (primary N) is 1. The lowest BCUT2D eigenvalue weighted by Crippen LogP contribution is -2.51. The van der Waals surface area contributed by atoms with E-state index < -0.39 is 23.6 Å². The van der Waals surface area contributed by atoms with Gasteiger partial charge in [-0.25, -0.2) is 4.39 Å². The van der Waals surface area contributed by atoms with Crippen molar-refractivity contribution < 1.29 is 14.3 Å². The Kier molecular flexibility index (Phi) is 1.88. The summed E-state index contributed by atoms with van der Waals surface area (Å²) in [6.45, 7) is 1.67. The maximum Gasteiger partial charge on any atom is 0.246 e. The summed E-state index contributed by atoms with van der Waals surface area (Å²) in [5.41, 5.74) is 4.25. The number of aliphatic hydroxyl groups excluding tert-OH is 1. The van der Waals surface area contributed by atoms with Crippen LogP contribution in [-0.4, -0.2) is 23.3 Å². The van der Waals surface area contributed by atoms with E-state index in [2.05, 4.69) is 0 Å². The van der Waals surface area contributed by atoms with Crippen LogP contribution >= 0.6 is 0 Å². The number of carbonyl (C=O) groups is 1. The summed E-state index contributed by atoms with van der Waals surface area (Å²) >= 11 is 0. The lowest BCUT2D eigenvalue weighted by atomic mass is 9.65. The molecular formula is C7H12FNO2. The zero-order valence-corrected chi connectivity index (χ0v) is 6.38. The van der Waals surface area contributed by atoms with E-state index in [1.807, 2.05) is 0 Å². The molecular weight excluding hydrogens is 149 g/mol. The van der Waals surface area contributed by atoms with Crippen molar-refractivity contribution in [2.75, 3.05) is 0 Å². The van der Waals surface area contributed by atoms with Gasteiger partial charge < -0.3 is 10.8 Å². The van der Waals surface area contributed by atoms with E-state index in [9.17, 15) is 14.3 Å². The summed E-state index contributed by atoms with van der Waals surface area (Å²) in [5.74, 6) is -0.764. The first kappa shape index (κ1) is 8.46. The molecule has 1 fully saturated rings. The Balaban J connectivity index is 2.54. The Labute approximate surface area is 64.4 Å². The van der Waals surface area contributed by atoms with Crippen molar-refractivity contribution in [2.24, 2.45) is 11.1 Å². The molecule has 4 heteroatoms. The van der Waals surface area contributed by atoms with Crippen molar-refractivity contribution in [1.82, 2.24) is 0 Å². The van der Waals surface area contributed by atoms with Crippen LogP contribution < -0.4 is 5.73 Å². The summed E-state index contributed by atoms with van der Waals surface area (Å²) in [6, 6.07) is 0. The van der Waals surface area contributed by atoms with Crippen molar-refractivity contribution >= 4 is 5.91 Å². The summed E-state index contributed by atoms with van der Waals surface area (Å²) in [7, 11) is 0. The van der Waals surface area contributed by atoms with Gasteiger partial charge in [0, 0.05) is 5.41 Å². The van der Waals surface area contributed by atoms with Gasteiger partial charge in [-0.3, -0.25) is 4.79 Å². The smallest absolute Gasteiger partial charge is 0.246 e. The van der Waals surface area contributed by atoms with Gasteiger partial charge in [0.05, 0.1) is 0 Å². The molecule has 0 radical (unpaired) electrons. The summed E-state index contributed by atoms with van der Waals surface area (Å²) in [4.78, 5) is 10.5. The lowest BCUT2D eigenvalue weighted by Gasteiger charge is -2.43. The highest BCUT2D eigenvalue weighted by Gasteiger charge is 2.48. The highest BCUT2D eigenvalue weighted by molar-refractivity contribution is 5.79. The first-order valence-electron chi connectivity index (χ1n) is 3.57. The third-order valence-corrected chi connectivity index (χ3v) is 2.31. The molecule has 0 bridgehead atoms. The Morgan fingerprint density at radius 3 is 2.55 bits per heavy atom. The molecule has 1 saturated carbocycles. The van der Waals surface area contributed by atoms with Crippen LogP contribution in [0.25, 0.3) is 0 Å². The molecule has 0 aromatic carbocycles. The molecule has 0 saturated heterocycles. The Morgan fingerprint density at radius 2 is 2.27 bits per heavy atom. The van der Waals surface area contributed by atoms with Crippen molar-refractivity contribution in [1.29, 1.82) is 0 Å². The van der Waals surface area contributed by atoms with Gasteiger partial charge in [0.15, 0.2) is 0 Å². The van der Waals surface area contributed by atoms with Crippen LogP contribution in [-0.2, 0) is 4.79 Å². The highest BCUT2D eigenvalue weighted by atomic mass is 19.1. The Hall–Kier alpha value is -0.640. The van der Waals surface area contributed by atoms with E-state index >= 15 is 0 Å². The number of carbonyl (C=O) groups excluding carboxylic acids is 1. The minimum atomic E-state index is -1.20. The zero-order valence-electron chi connectivity index (χ0n) is 6.38. The molecule has 1 unspecified atom stereocenters. The average molecular weight is 161 g/mol. The second-order valence-corrected chi connectivity index (χ2v) is 3.46. The summed E-state index contributed by atoms with van der Waals surface area (Å²) in [6.07, 6.45) is -1.61. The number of rotatable bonds is 2. The van der Waals surface area contributed by atoms with E-state index in [4.69, 9.17) is 5.73 Å². The maximum absolute atomic E-state index is 12.4. The van der Waals surface area contributed by atoms with Gasteiger partial charge in [-0.1, -0.05) is 6.92 Å². The van der Waals surface area contributed by atoms with Crippen LogP contribution in [0.3, 0.4) is 0 Å².